The van der Waals surface area contributed by atoms with E-state index in [2.05, 4.69) is 0 Å². The lowest BCUT2D eigenvalue weighted by Crippen LogP contribution is -2.28. The molecule has 0 radical (unpaired) electrons. The summed E-state index contributed by atoms with van der Waals surface area (Å²) in [5.41, 5.74) is 0.610. The Morgan fingerprint density at radius 2 is 2.15 bits per heavy atom. The van der Waals surface area contributed by atoms with Crippen LogP contribution in [0, 0.1) is 26.1 Å². The number of nitro groups is 2. The number of non-ortho nitro benzene ring substituents is 1. The van der Waals surface area contributed by atoms with Crippen LogP contribution in [0.5, 0.6) is 0 Å². The minimum atomic E-state index is -0.482. The molecule has 0 saturated carbocycles. The standard InChI is InChI=1S/C13H16N2O5/c16-14(17)8-13(11-4-2-6-20-9-11)10-3-1-5-12(7-10)15(18)19/h1,3,5,7,11,13H,2,4,6,8-9H2/t11-,13+/m1/s1. The molecule has 0 bridgehead atoms. The first kappa shape index (κ1) is 14.4. The molecule has 1 fully saturated rings. The van der Waals surface area contributed by atoms with Crippen LogP contribution in [-0.4, -0.2) is 29.6 Å². The normalized spacial score (nSPS) is 20.3. The van der Waals surface area contributed by atoms with Crippen molar-refractivity contribution >= 4 is 5.69 Å². The topological polar surface area (TPSA) is 95.5 Å². The van der Waals surface area contributed by atoms with Gasteiger partial charge in [-0.3, -0.25) is 20.2 Å². The van der Waals surface area contributed by atoms with E-state index in [-0.39, 0.29) is 29.0 Å². The van der Waals surface area contributed by atoms with E-state index in [4.69, 9.17) is 4.74 Å². The van der Waals surface area contributed by atoms with E-state index in [1.54, 1.807) is 12.1 Å². The minimum Gasteiger partial charge on any atom is -0.381 e. The molecular formula is C13H16N2O5. The highest BCUT2D eigenvalue weighted by Crippen LogP contribution is 2.32. The summed E-state index contributed by atoms with van der Waals surface area (Å²) in [6.07, 6.45) is 1.72. The molecule has 1 aliphatic rings. The predicted octanol–water partition coefficient (Wildman–Crippen LogP) is 2.38. The van der Waals surface area contributed by atoms with Crippen molar-refractivity contribution in [1.29, 1.82) is 0 Å². The maximum Gasteiger partial charge on any atom is 0.269 e. The Kier molecular flexibility index (Phi) is 4.62. The lowest BCUT2D eigenvalue weighted by Gasteiger charge is -2.28. The summed E-state index contributed by atoms with van der Waals surface area (Å²) in [4.78, 5) is 20.9. The van der Waals surface area contributed by atoms with Gasteiger partial charge in [-0.25, -0.2) is 0 Å². The maximum absolute atomic E-state index is 10.9. The third kappa shape index (κ3) is 3.51. The van der Waals surface area contributed by atoms with Crippen molar-refractivity contribution in [3.8, 4) is 0 Å². The van der Waals surface area contributed by atoms with Gasteiger partial charge in [-0.05, 0) is 24.3 Å². The highest BCUT2D eigenvalue weighted by molar-refractivity contribution is 5.36. The molecule has 0 aromatic heterocycles. The molecule has 1 saturated heterocycles. The van der Waals surface area contributed by atoms with Gasteiger partial charge in [0.15, 0.2) is 0 Å². The quantitative estimate of drug-likeness (QED) is 0.609. The van der Waals surface area contributed by atoms with E-state index >= 15 is 0 Å². The average molecular weight is 280 g/mol. The molecule has 1 heterocycles. The van der Waals surface area contributed by atoms with Crippen LogP contribution in [0.2, 0.25) is 0 Å². The summed E-state index contributed by atoms with van der Waals surface area (Å²) in [5, 5.41) is 21.7. The van der Waals surface area contributed by atoms with Crippen molar-refractivity contribution in [2.24, 2.45) is 5.92 Å². The van der Waals surface area contributed by atoms with Crippen LogP contribution in [-0.2, 0) is 4.74 Å². The van der Waals surface area contributed by atoms with Gasteiger partial charge >= 0.3 is 0 Å². The van der Waals surface area contributed by atoms with Crippen molar-refractivity contribution in [3.05, 3.63) is 50.1 Å². The zero-order valence-corrected chi connectivity index (χ0v) is 10.9. The summed E-state index contributed by atoms with van der Waals surface area (Å²) in [6, 6.07) is 6.12. The number of hydrogen-bond donors (Lipinski definition) is 0. The highest BCUT2D eigenvalue weighted by atomic mass is 16.6. The fourth-order valence-corrected chi connectivity index (χ4v) is 2.64. The highest BCUT2D eigenvalue weighted by Gasteiger charge is 2.30. The second-order valence-electron chi connectivity index (χ2n) is 4.95. The Morgan fingerprint density at radius 3 is 2.75 bits per heavy atom. The van der Waals surface area contributed by atoms with Gasteiger partial charge in [0.2, 0.25) is 6.54 Å². The molecule has 1 aliphatic heterocycles. The van der Waals surface area contributed by atoms with Gasteiger partial charge in [-0.15, -0.1) is 0 Å². The molecule has 0 amide bonds. The third-order valence-corrected chi connectivity index (χ3v) is 3.62. The smallest absolute Gasteiger partial charge is 0.269 e. The first-order valence-electron chi connectivity index (χ1n) is 6.52. The first-order chi connectivity index (χ1) is 9.58. The molecule has 7 nitrogen and oxygen atoms in total. The van der Waals surface area contributed by atoms with E-state index in [1.165, 1.54) is 12.1 Å². The molecular weight excluding hydrogens is 264 g/mol. The van der Waals surface area contributed by atoms with E-state index in [9.17, 15) is 20.2 Å². The van der Waals surface area contributed by atoms with Crippen molar-refractivity contribution < 1.29 is 14.6 Å². The molecule has 2 atom stereocenters. The summed E-state index contributed by atoms with van der Waals surface area (Å²) >= 11 is 0. The van der Waals surface area contributed by atoms with Crippen LogP contribution >= 0.6 is 0 Å². The molecule has 20 heavy (non-hydrogen) atoms. The Hall–Kier alpha value is -2.02. The van der Waals surface area contributed by atoms with Crippen LogP contribution < -0.4 is 0 Å². The fraction of sp³-hybridized carbons (Fsp3) is 0.538. The van der Waals surface area contributed by atoms with Crippen LogP contribution in [0.4, 0.5) is 5.69 Å². The van der Waals surface area contributed by atoms with Gasteiger partial charge < -0.3 is 4.74 Å². The average Bonchev–Trinajstić information content (AvgIpc) is 2.45. The Balaban J connectivity index is 2.27. The molecule has 1 aromatic rings. The number of benzene rings is 1. The van der Waals surface area contributed by atoms with Crippen LogP contribution in [0.15, 0.2) is 24.3 Å². The fourth-order valence-electron chi connectivity index (χ4n) is 2.64. The molecule has 2 rings (SSSR count). The molecule has 1 aromatic carbocycles. The SMILES string of the molecule is O=[N+]([O-])C[C@@H](c1cccc([N+](=O)[O-])c1)[C@@H]1CCCOC1. The summed E-state index contributed by atoms with van der Waals surface area (Å²) in [6.45, 7) is 0.924. The predicted molar refractivity (Wildman–Crippen MR) is 71.2 cm³/mol. The summed E-state index contributed by atoms with van der Waals surface area (Å²) in [7, 11) is 0. The van der Waals surface area contributed by atoms with E-state index in [0.29, 0.717) is 18.8 Å². The zero-order valence-electron chi connectivity index (χ0n) is 10.9. The Morgan fingerprint density at radius 1 is 1.35 bits per heavy atom. The molecule has 0 N–H and O–H groups in total. The van der Waals surface area contributed by atoms with Crippen molar-refractivity contribution in [1.82, 2.24) is 0 Å². The molecule has 0 unspecified atom stereocenters. The lowest BCUT2D eigenvalue weighted by atomic mass is 9.82. The Labute approximate surface area is 115 Å². The van der Waals surface area contributed by atoms with Crippen molar-refractivity contribution in [2.45, 2.75) is 18.8 Å². The van der Waals surface area contributed by atoms with E-state index in [0.717, 1.165) is 12.8 Å². The van der Waals surface area contributed by atoms with E-state index < -0.39 is 4.92 Å². The van der Waals surface area contributed by atoms with Gasteiger partial charge in [0.05, 0.1) is 17.4 Å². The molecule has 7 heteroatoms. The van der Waals surface area contributed by atoms with Gasteiger partial charge in [0, 0.05) is 23.7 Å². The minimum absolute atomic E-state index is 0.0347. The lowest BCUT2D eigenvalue weighted by molar-refractivity contribution is -0.485. The summed E-state index contributed by atoms with van der Waals surface area (Å²) < 4.78 is 5.39. The Bertz CT molecular complexity index is 499. The van der Waals surface area contributed by atoms with Gasteiger partial charge in [0.25, 0.3) is 5.69 Å². The second kappa shape index (κ2) is 6.42. The van der Waals surface area contributed by atoms with Gasteiger partial charge in [-0.2, -0.15) is 0 Å². The summed E-state index contributed by atoms with van der Waals surface area (Å²) in [5.74, 6) is -0.304. The number of nitro benzene ring substituents is 1. The number of ether oxygens (including phenoxy) is 1. The van der Waals surface area contributed by atoms with E-state index in [1.807, 2.05) is 0 Å². The first-order valence-corrected chi connectivity index (χ1v) is 6.52. The van der Waals surface area contributed by atoms with Crippen molar-refractivity contribution in [2.75, 3.05) is 19.8 Å². The largest absolute Gasteiger partial charge is 0.381 e. The van der Waals surface area contributed by atoms with Gasteiger partial charge in [-0.1, -0.05) is 12.1 Å². The van der Waals surface area contributed by atoms with Crippen LogP contribution in [0.25, 0.3) is 0 Å². The molecule has 0 aliphatic carbocycles. The van der Waals surface area contributed by atoms with Crippen LogP contribution in [0.3, 0.4) is 0 Å². The van der Waals surface area contributed by atoms with Crippen LogP contribution in [0.1, 0.15) is 24.3 Å². The third-order valence-electron chi connectivity index (χ3n) is 3.62. The molecule has 108 valence electrons. The number of rotatable bonds is 5. The number of hydrogen-bond acceptors (Lipinski definition) is 5. The maximum atomic E-state index is 10.9. The number of nitrogens with zero attached hydrogens (tertiary/aromatic N) is 2. The zero-order chi connectivity index (χ0) is 14.5. The monoisotopic (exact) mass is 280 g/mol. The second-order valence-corrected chi connectivity index (χ2v) is 4.95. The van der Waals surface area contributed by atoms with Gasteiger partial charge in [0.1, 0.15) is 0 Å². The van der Waals surface area contributed by atoms with Crippen molar-refractivity contribution in [3.63, 3.8) is 0 Å². The molecule has 0 spiro atoms.